The summed E-state index contributed by atoms with van der Waals surface area (Å²) in [4.78, 5) is 34.0. The topological polar surface area (TPSA) is 132 Å². The molecule has 0 bridgehead atoms. The average Bonchev–Trinajstić information content (AvgIpc) is 3.33. The Labute approximate surface area is 222 Å². The normalized spacial score (nSPS) is 20.4. The van der Waals surface area contributed by atoms with Gasteiger partial charge in [-0.25, -0.2) is 0 Å². The maximum atomic E-state index is 13.2. The molecule has 2 aliphatic rings. The van der Waals surface area contributed by atoms with Gasteiger partial charge in [-0.1, -0.05) is 18.2 Å². The molecule has 0 radical (unpaired) electrons. The number of nitro benzene ring substituents is 1. The number of nitrogens with zero attached hydrogens (tertiary/aromatic N) is 1. The molecular weight excluding hydrogens is 521 g/mol. The number of hydrogen-bond donors (Lipinski definition) is 3. The first-order valence-electron chi connectivity index (χ1n) is 12.6. The molecule has 1 aliphatic carbocycles. The summed E-state index contributed by atoms with van der Waals surface area (Å²) in [5.41, 5.74) is -1.04. The van der Waals surface area contributed by atoms with E-state index in [0.29, 0.717) is 32.1 Å². The van der Waals surface area contributed by atoms with E-state index in [4.69, 9.17) is 9.47 Å². The van der Waals surface area contributed by atoms with Gasteiger partial charge in [0.1, 0.15) is 17.4 Å². The van der Waals surface area contributed by atoms with E-state index < -0.39 is 34.2 Å². The third kappa shape index (κ3) is 7.59. The number of nitrogens with one attached hydrogen (secondary N) is 3. The van der Waals surface area contributed by atoms with Crippen LogP contribution < -0.4 is 20.7 Å². The van der Waals surface area contributed by atoms with Crippen molar-refractivity contribution in [2.24, 2.45) is 0 Å². The number of ether oxygens (including phenoxy) is 2. The van der Waals surface area contributed by atoms with Crippen LogP contribution in [0.3, 0.4) is 0 Å². The number of fused-ring (bicyclic) bond motifs is 1. The lowest BCUT2D eigenvalue weighted by atomic mass is 9.92. The monoisotopic (exact) mass is 550 g/mol. The molecule has 0 spiro atoms. The number of carbonyl (C=O) groups is 2. The minimum Gasteiger partial charge on any atom is -0.488 e. The Bertz CT molecular complexity index is 1180. The van der Waals surface area contributed by atoms with E-state index in [1.54, 1.807) is 0 Å². The van der Waals surface area contributed by atoms with Crippen molar-refractivity contribution in [3.8, 4) is 5.75 Å². The van der Waals surface area contributed by atoms with E-state index in [1.165, 1.54) is 6.07 Å². The predicted octanol–water partition coefficient (Wildman–Crippen LogP) is 3.59. The second kappa shape index (κ2) is 12.3. The highest BCUT2D eigenvalue weighted by molar-refractivity contribution is 6.35. The van der Waals surface area contributed by atoms with Crippen molar-refractivity contribution >= 4 is 23.2 Å². The molecule has 1 saturated carbocycles. The van der Waals surface area contributed by atoms with Crippen molar-refractivity contribution in [3.05, 3.63) is 63.7 Å². The van der Waals surface area contributed by atoms with Crippen LogP contribution in [-0.2, 0) is 26.9 Å². The fourth-order valence-corrected chi connectivity index (χ4v) is 4.75. The zero-order valence-corrected chi connectivity index (χ0v) is 21.0. The molecule has 0 saturated heterocycles. The Balaban J connectivity index is 1.11. The molecule has 1 fully saturated rings. The Morgan fingerprint density at radius 1 is 1.05 bits per heavy atom. The number of amides is 2. The van der Waals surface area contributed by atoms with Crippen LogP contribution in [0.15, 0.2) is 42.5 Å². The van der Waals surface area contributed by atoms with Crippen molar-refractivity contribution in [2.75, 3.05) is 25.0 Å². The molecule has 1 atom stereocenters. The van der Waals surface area contributed by atoms with Crippen LogP contribution in [-0.4, -0.2) is 54.7 Å². The van der Waals surface area contributed by atoms with E-state index in [2.05, 4.69) is 16.0 Å². The van der Waals surface area contributed by atoms with Gasteiger partial charge in [0.25, 0.3) is 5.69 Å². The second-order valence-corrected chi connectivity index (χ2v) is 9.49. The van der Waals surface area contributed by atoms with Gasteiger partial charge in [0, 0.05) is 30.8 Å². The molecule has 0 aromatic heterocycles. The van der Waals surface area contributed by atoms with Gasteiger partial charge in [0.15, 0.2) is 0 Å². The summed E-state index contributed by atoms with van der Waals surface area (Å²) in [6.45, 7) is 0.574. The van der Waals surface area contributed by atoms with Gasteiger partial charge >= 0.3 is 18.0 Å². The molecule has 2 aromatic rings. The highest BCUT2D eigenvalue weighted by atomic mass is 19.4. The number of halogens is 3. The van der Waals surface area contributed by atoms with E-state index >= 15 is 0 Å². The van der Waals surface area contributed by atoms with Crippen molar-refractivity contribution in [1.29, 1.82) is 0 Å². The van der Waals surface area contributed by atoms with E-state index in [9.17, 15) is 32.9 Å². The molecular formula is C26H29F3N4O6. The van der Waals surface area contributed by atoms with Gasteiger partial charge in [-0.3, -0.25) is 19.7 Å². The van der Waals surface area contributed by atoms with Crippen molar-refractivity contribution in [3.63, 3.8) is 0 Å². The molecule has 210 valence electrons. The molecule has 3 N–H and O–H groups in total. The van der Waals surface area contributed by atoms with Crippen molar-refractivity contribution < 1.29 is 37.2 Å². The van der Waals surface area contributed by atoms with Crippen LogP contribution in [0, 0.1) is 10.1 Å². The van der Waals surface area contributed by atoms with Gasteiger partial charge in [0.2, 0.25) is 0 Å². The Morgan fingerprint density at radius 2 is 1.77 bits per heavy atom. The van der Waals surface area contributed by atoms with Crippen molar-refractivity contribution in [1.82, 2.24) is 10.6 Å². The standard InChI is InChI=1S/C26H29F3N4O6/c27-26(28,29)21-14-18(7-10-22(21)33(36)37)32-17-5-8-19(9-6-17)38-12-11-30-24(34)25(35)31-15-20-13-16-3-1-2-4-23(16)39-20/h1-4,7,10,14,17,19-20,32H,5-6,8-9,11-13,15H2,(H,30,34)(H,31,35)/t17-,19-,20?. The fourth-order valence-electron chi connectivity index (χ4n) is 4.75. The molecule has 4 rings (SSSR count). The highest BCUT2D eigenvalue weighted by Gasteiger charge is 2.38. The molecule has 1 unspecified atom stereocenters. The maximum absolute atomic E-state index is 13.2. The molecule has 1 heterocycles. The highest BCUT2D eigenvalue weighted by Crippen LogP contribution is 2.38. The molecule has 39 heavy (non-hydrogen) atoms. The van der Waals surface area contributed by atoms with Crippen LogP contribution >= 0.6 is 0 Å². The summed E-state index contributed by atoms with van der Waals surface area (Å²) in [6, 6.07) is 10.4. The Morgan fingerprint density at radius 3 is 2.46 bits per heavy atom. The predicted molar refractivity (Wildman–Crippen MR) is 134 cm³/mol. The minimum absolute atomic E-state index is 0.0856. The van der Waals surface area contributed by atoms with E-state index in [0.717, 1.165) is 23.4 Å². The minimum atomic E-state index is -4.83. The quantitative estimate of drug-likeness (QED) is 0.188. The van der Waals surface area contributed by atoms with Gasteiger partial charge in [-0.2, -0.15) is 13.2 Å². The lowest BCUT2D eigenvalue weighted by Gasteiger charge is -2.30. The largest absolute Gasteiger partial charge is 0.488 e. The van der Waals surface area contributed by atoms with Crippen LogP contribution in [0.2, 0.25) is 0 Å². The number of rotatable bonds is 9. The number of alkyl halides is 3. The van der Waals surface area contributed by atoms with Crippen LogP contribution in [0.1, 0.15) is 36.8 Å². The molecule has 1 aliphatic heterocycles. The van der Waals surface area contributed by atoms with Crippen LogP contribution in [0.4, 0.5) is 24.5 Å². The average molecular weight is 551 g/mol. The first-order valence-corrected chi connectivity index (χ1v) is 12.6. The lowest BCUT2D eigenvalue weighted by Crippen LogP contribution is -2.44. The van der Waals surface area contributed by atoms with Gasteiger partial charge in [-0.15, -0.1) is 0 Å². The Kier molecular flexibility index (Phi) is 8.90. The summed E-state index contributed by atoms with van der Waals surface area (Å²) in [5, 5.41) is 19.0. The van der Waals surface area contributed by atoms with Crippen LogP contribution in [0.25, 0.3) is 0 Å². The van der Waals surface area contributed by atoms with Crippen LogP contribution in [0.5, 0.6) is 5.75 Å². The number of benzene rings is 2. The number of nitro groups is 1. The molecule has 10 nitrogen and oxygen atoms in total. The summed E-state index contributed by atoms with van der Waals surface area (Å²) < 4.78 is 51.1. The summed E-state index contributed by atoms with van der Waals surface area (Å²) in [6.07, 6.45) is -1.93. The zero-order valence-electron chi connectivity index (χ0n) is 21.0. The molecule has 2 aromatic carbocycles. The second-order valence-electron chi connectivity index (χ2n) is 9.49. The summed E-state index contributed by atoms with van der Waals surface area (Å²) in [5.74, 6) is -0.727. The van der Waals surface area contributed by atoms with Gasteiger partial charge in [-0.05, 0) is 49.4 Å². The van der Waals surface area contributed by atoms with E-state index in [1.807, 2.05) is 24.3 Å². The van der Waals surface area contributed by atoms with E-state index in [-0.39, 0.29) is 43.6 Å². The summed E-state index contributed by atoms with van der Waals surface area (Å²) >= 11 is 0. The first kappa shape index (κ1) is 28.1. The van der Waals surface area contributed by atoms with Crippen molar-refractivity contribution in [2.45, 2.75) is 56.5 Å². The lowest BCUT2D eigenvalue weighted by molar-refractivity contribution is -0.388. The SMILES string of the molecule is O=C(NCCO[C@H]1CC[C@H](Nc2ccc([N+](=O)[O-])c(C(F)(F)F)c2)CC1)C(=O)NCC1Cc2ccccc2O1. The zero-order chi connectivity index (χ0) is 28.0. The molecule has 13 heteroatoms. The third-order valence-electron chi connectivity index (χ3n) is 6.70. The number of anilines is 1. The van der Waals surface area contributed by atoms with Gasteiger partial charge in [0.05, 0.1) is 24.2 Å². The fraction of sp³-hybridized carbons (Fsp3) is 0.462. The third-order valence-corrected chi connectivity index (χ3v) is 6.70. The number of hydrogen-bond acceptors (Lipinski definition) is 7. The van der Waals surface area contributed by atoms with Gasteiger partial charge < -0.3 is 25.4 Å². The first-order chi connectivity index (χ1) is 18.6. The maximum Gasteiger partial charge on any atom is 0.423 e. The number of carbonyl (C=O) groups excluding carboxylic acids is 2. The molecule has 2 amide bonds. The smallest absolute Gasteiger partial charge is 0.423 e. The Hall–Kier alpha value is -3.87. The summed E-state index contributed by atoms with van der Waals surface area (Å²) in [7, 11) is 0. The number of para-hydroxylation sites is 1.